The summed E-state index contributed by atoms with van der Waals surface area (Å²) in [7, 11) is 1.31. The summed E-state index contributed by atoms with van der Waals surface area (Å²) in [6, 6.07) is 1.11. The van der Waals surface area contributed by atoms with Gasteiger partial charge in [0.2, 0.25) is 0 Å². The number of fused-ring (bicyclic) bond motifs is 6. The van der Waals surface area contributed by atoms with Gasteiger partial charge in [-0.25, -0.2) is 24.3 Å². The zero-order valence-electron chi connectivity index (χ0n) is 38.9. The summed E-state index contributed by atoms with van der Waals surface area (Å²) in [4.78, 5) is 52.7. The molecule has 21 nitrogen and oxygen atoms in total. The van der Waals surface area contributed by atoms with Gasteiger partial charge in [0.15, 0.2) is 17.7 Å². The van der Waals surface area contributed by atoms with Crippen molar-refractivity contribution in [1.29, 1.82) is 0 Å². The van der Waals surface area contributed by atoms with Crippen LogP contribution in [0.2, 0.25) is 0 Å². The van der Waals surface area contributed by atoms with Crippen LogP contribution in [0.3, 0.4) is 0 Å². The van der Waals surface area contributed by atoms with Crippen molar-refractivity contribution in [3.8, 4) is 0 Å². The molecular weight excluding hydrogens is 926 g/mol. The van der Waals surface area contributed by atoms with Gasteiger partial charge < -0.3 is 45.1 Å². The third-order valence-electron chi connectivity index (χ3n) is 17.1. The van der Waals surface area contributed by atoms with Crippen molar-refractivity contribution >= 4 is 41.1 Å². The fourth-order valence-corrected chi connectivity index (χ4v) is 16.4. The lowest BCUT2D eigenvalue weighted by Crippen LogP contribution is -2.58. The second kappa shape index (κ2) is 19.7. The molecule has 0 amide bonds. The molecule has 0 aromatic carbocycles. The van der Waals surface area contributed by atoms with Crippen LogP contribution < -0.4 is 17.0 Å². The first-order chi connectivity index (χ1) is 32.5. The number of esters is 1. The normalized spacial score (nSPS) is 39.2. The molecule has 3 aromatic heterocycles. The molecule has 9 rings (SSSR count). The van der Waals surface area contributed by atoms with E-state index < -0.39 is 92.2 Å². The van der Waals surface area contributed by atoms with E-state index in [0.29, 0.717) is 52.6 Å². The zero-order valence-corrected chi connectivity index (χ0v) is 40.6. The molecule has 7 N–H and O–H groups in total. The Kier molecular flexibility index (Phi) is 14.4. The molecular formula is C45H66N7O14PS. The highest BCUT2D eigenvalue weighted by Crippen LogP contribution is 2.69. The van der Waals surface area contributed by atoms with Gasteiger partial charge >= 0.3 is 18.5 Å². The fraction of sp³-hybridized carbons (Fsp3) is 0.778. The van der Waals surface area contributed by atoms with Crippen LogP contribution in [-0.2, 0) is 37.4 Å². The third kappa shape index (κ3) is 9.14. The predicted octanol–water partition coefficient (Wildman–Crippen LogP) is 3.66. The van der Waals surface area contributed by atoms with Crippen molar-refractivity contribution in [2.75, 3.05) is 32.0 Å². The van der Waals surface area contributed by atoms with Crippen LogP contribution in [-0.4, -0.2) is 124 Å². The summed E-state index contributed by atoms with van der Waals surface area (Å²) >= 11 is 0.574. The molecule has 6 aliphatic rings. The van der Waals surface area contributed by atoms with Gasteiger partial charge in [0, 0.05) is 43.6 Å². The molecule has 0 spiro atoms. The topological polar surface area (TPSA) is 295 Å². The average Bonchev–Trinajstić information content (AvgIpc) is 4.09. The monoisotopic (exact) mass is 991 g/mol. The van der Waals surface area contributed by atoms with Crippen LogP contribution >= 0.6 is 18.2 Å². The summed E-state index contributed by atoms with van der Waals surface area (Å²) in [6.45, 7) is 1.28. The number of carbonyl (C=O) groups is 1. The molecule has 18 atom stereocenters. The number of hydrogen-bond donors (Lipinski definition) is 6. The average molecular weight is 992 g/mol. The van der Waals surface area contributed by atoms with E-state index in [9.17, 15) is 39.4 Å². The number of aromatic nitrogens is 6. The Balaban J connectivity index is 0.853. The van der Waals surface area contributed by atoms with Gasteiger partial charge in [-0.2, -0.15) is 0 Å². The number of aliphatic hydroxyl groups excluding tert-OH is 4. The number of ether oxygens (including phenoxy) is 4. The number of aliphatic hydroxyl groups is 4. The Morgan fingerprint density at radius 2 is 1.84 bits per heavy atom. The standard InChI is InChI=1S/C45H66N7O14PS/c1-23(27-8-9-28-26-7-6-24-15-25(54)11-13-44(24,2)29(26)16-33(56)45(27,28)3)5-10-36(58)62-22-68-67(60,66-38-31(18-53)65-42(39(38)61-4)51-14-12-34(57)50-43(51)59)63-19-32-30(55)17-35(64-32)52-21-49-37-40(46)47-20-48-41(37)52/h12,14,20-21,23-33,35,38-39,42,53-56H,5-11,13,15-19,22H2,1-4H3,(H2,46,47,48)(H,50,57,59)/t23?,24?,25?,26?,27?,28?,29?,30-,31-,32-,33?,35-,38?,39+,42-,44?,45?,67?/m1/s1. The number of H-pyrrole nitrogens is 1. The van der Waals surface area contributed by atoms with Gasteiger partial charge in [-0.05, 0) is 104 Å². The first-order valence-corrected chi connectivity index (χ1v) is 27.1. The Morgan fingerprint density at radius 1 is 1.03 bits per heavy atom. The number of carbonyl (C=O) groups excluding carboxylic acids is 1. The summed E-state index contributed by atoms with van der Waals surface area (Å²) in [5.74, 6) is 1.40. The SMILES string of the molecule is CO[C@H]1C(OP(=O)(OC[C@H]2O[C@@H](n3cnc4c(N)ncnc43)C[C@H]2O)SCOC(=O)CCC(C)C2CCC3C4CCC5CC(O)CCC5(C)C4CC(O)C23C)[C@@H](CO)O[C@H]1n1ccc(=O)[nH]c1=O. The second-order valence-corrected chi connectivity index (χ2v) is 24.4. The van der Waals surface area contributed by atoms with Gasteiger partial charge in [-0.15, -0.1) is 0 Å². The highest BCUT2D eigenvalue weighted by Gasteiger charge is 2.64. The van der Waals surface area contributed by atoms with Crippen LogP contribution in [0, 0.1) is 46.3 Å². The quantitative estimate of drug-likeness (QED) is 0.0678. The van der Waals surface area contributed by atoms with Crippen LogP contribution in [0.4, 0.5) is 5.82 Å². The summed E-state index contributed by atoms with van der Waals surface area (Å²) in [5.41, 5.74) is 5.12. The molecule has 0 bridgehead atoms. The van der Waals surface area contributed by atoms with Crippen LogP contribution in [0.15, 0.2) is 34.5 Å². The van der Waals surface area contributed by atoms with E-state index in [1.54, 1.807) is 4.57 Å². The molecule has 12 unspecified atom stereocenters. The first kappa shape index (κ1) is 49.7. The van der Waals surface area contributed by atoms with Crippen LogP contribution in [0.25, 0.3) is 11.2 Å². The van der Waals surface area contributed by atoms with Gasteiger partial charge in [0.25, 0.3) is 5.56 Å². The van der Waals surface area contributed by atoms with E-state index >= 15 is 0 Å². The minimum Gasteiger partial charge on any atom is -0.454 e. The van der Waals surface area contributed by atoms with E-state index in [2.05, 4.69) is 40.7 Å². The number of aromatic amines is 1. The largest absolute Gasteiger partial charge is 0.454 e. The lowest BCUT2D eigenvalue weighted by atomic mass is 9.43. The number of imidazole rings is 1. The van der Waals surface area contributed by atoms with Gasteiger partial charge in [-0.1, -0.05) is 20.8 Å². The Morgan fingerprint density at radius 3 is 2.60 bits per heavy atom. The van der Waals surface area contributed by atoms with Gasteiger partial charge in [-0.3, -0.25) is 32.8 Å². The minimum absolute atomic E-state index is 0.0859. The number of nitrogens with one attached hydrogen (secondary N) is 1. The maximum absolute atomic E-state index is 14.9. The van der Waals surface area contributed by atoms with Crippen LogP contribution in [0.5, 0.6) is 0 Å². The third-order valence-corrected chi connectivity index (χ3v) is 20.5. The Bertz CT molecular complexity index is 2460. The van der Waals surface area contributed by atoms with E-state index in [-0.39, 0.29) is 47.4 Å². The lowest BCUT2D eigenvalue weighted by Gasteiger charge is -2.62. The number of nitrogens with two attached hydrogens (primary N) is 1. The smallest absolute Gasteiger partial charge is 0.392 e. The second-order valence-electron chi connectivity index (χ2n) is 20.5. The number of nitrogen functional groups attached to an aromatic ring is 1. The van der Waals surface area contributed by atoms with Crippen molar-refractivity contribution in [2.45, 2.75) is 147 Å². The Labute approximate surface area is 397 Å². The lowest BCUT2D eigenvalue weighted by molar-refractivity contribution is -0.175. The first-order valence-electron chi connectivity index (χ1n) is 23.9. The number of hydrogen-bond acceptors (Lipinski definition) is 19. The molecule has 0 radical (unpaired) electrons. The fourth-order valence-electron chi connectivity index (χ4n) is 13.5. The molecule has 23 heteroatoms. The molecule has 4 aliphatic carbocycles. The maximum Gasteiger partial charge on any atom is 0.392 e. The maximum atomic E-state index is 14.9. The highest BCUT2D eigenvalue weighted by molar-refractivity contribution is 8.55. The van der Waals surface area contributed by atoms with Crippen molar-refractivity contribution < 1.29 is 57.8 Å². The number of rotatable bonds is 16. The highest BCUT2D eigenvalue weighted by atomic mass is 32.7. The number of methoxy groups -OCH3 is 1. The van der Waals surface area contributed by atoms with Crippen molar-refractivity contribution in [3.05, 3.63) is 45.8 Å². The van der Waals surface area contributed by atoms with E-state index in [0.717, 1.165) is 62.0 Å². The van der Waals surface area contributed by atoms with E-state index in [1.165, 1.54) is 26.0 Å². The summed E-state index contributed by atoms with van der Waals surface area (Å²) < 4.78 is 53.1. The van der Waals surface area contributed by atoms with Crippen molar-refractivity contribution in [3.63, 3.8) is 0 Å². The summed E-state index contributed by atoms with van der Waals surface area (Å²) in [5, 5.41) is 44.0. The predicted molar refractivity (Wildman–Crippen MR) is 245 cm³/mol. The van der Waals surface area contributed by atoms with E-state index in [4.69, 9.17) is 33.7 Å². The van der Waals surface area contributed by atoms with Crippen molar-refractivity contribution in [1.82, 2.24) is 29.1 Å². The summed E-state index contributed by atoms with van der Waals surface area (Å²) in [6.07, 6.45) is 3.95. The molecule has 376 valence electrons. The van der Waals surface area contributed by atoms with Gasteiger partial charge in [0.1, 0.15) is 48.4 Å². The van der Waals surface area contributed by atoms with Crippen LogP contribution in [0.1, 0.15) is 104 Å². The number of anilines is 1. The van der Waals surface area contributed by atoms with E-state index in [1.807, 2.05) is 0 Å². The molecule has 3 aromatic rings. The molecule has 5 heterocycles. The minimum atomic E-state index is -4.45. The van der Waals surface area contributed by atoms with Gasteiger partial charge in [0.05, 0.1) is 37.9 Å². The molecule has 6 fully saturated rings. The number of nitrogens with zero attached hydrogens (tertiary/aromatic N) is 5. The van der Waals surface area contributed by atoms with Crippen molar-refractivity contribution in [2.24, 2.45) is 46.3 Å². The molecule has 4 saturated carbocycles. The zero-order chi connectivity index (χ0) is 48.3. The molecule has 2 aliphatic heterocycles. The molecule has 2 saturated heterocycles. The molecule has 68 heavy (non-hydrogen) atoms. The Hall–Kier alpha value is -3.28.